The Bertz CT molecular complexity index is 603. The van der Waals surface area contributed by atoms with Gasteiger partial charge in [0.25, 0.3) is 5.79 Å². The molecule has 0 amide bonds. The van der Waals surface area contributed by atoms with E-state index in [1.54, 1.807) is 25.2 Å². The Balaban J connectivity index is 2.22. The molecular weight excluding hydrogens is 296 g/mol. The highest BCUT2D eigenvalue weighted by Crippen LogP contribution is 2.27. The predicted molar refractivity (Wildman–Crippen MR) is 79.0 cm³/mol. The van der Waals surface area contributed by atoms with Crippen LogP contribution in [0, 0.1) is 0 Å². The topological polar surface area (TPSA) is 76.7 Å². The Hall–Kier alpha value is -2.21. The van der Waals surface area contributed by atoms with Crippen LogP contribution in [0.2, 0.25) is 5.02 Å². The Morgan fingerprint density at radius 1 is 1.14 bits per heavy atom. The average Bonchev–Trinajstić information content (AvgIpc) is 2.37. The molecule has 2 N–H and O–H groups in total. The molecule has 0 spiro atoms. The maximum Gasteiger partial charge on any atom is 0.350 e. The largest absolute Gasteiger partial charge is 0.419 e. The molecule has 1 aromatic rings. The van der Waals surface area contributed by atoms with Gasteiger partial charge in [-0.25, -0.2) is 9.59 Å². The lowest BCUT2D eigenvalue weighted by atomic mass is 10.2. The second-order valence-electron chi connectivity index (χ2n) is 4.82. The van der Waals surface area contributed by atoms with E-state index in [2.05, 4.69) is 10.6 Å². The van der Waals surface area contributed by atoms with E-state index in [0.717, 1.165) is 5.69 Å². The molecule has 1 heterocycles. The molecule has 7 heteroatoms. The minimum atomic E-state index is -1.25. The summed E-state index contributed by atoms with van der Waals surface area (Å²) in [4.78, 5) is 23.6. The molecule has 2 rings (SSSR count). The third kappa shape index (κ3) is 3.46. The second kappa shape index (κ2) is 5.65. The number of halogens is 1. The molecule has 1 saturated heterocycles. The van der Waals surface area contributed by atoms with Crippen molar-refractivity contribution in [3.63, 3.8) is 0 Å². The van der Waals surface area contributed by atoms with Crippen molar-refractivity contribution in [3.8, 4) is 0 Å². The molecule has 0 atom stereocenters. The first-order valence-electron chi connectivity index (χ1n) is 6.23. The zero-order valence-corrected chi connectivity index (χ0v) is 12.6. The number of ether oxygens (including phenoxy) is 2. The lowest BCUT2D eigenvalue weighted by Crippen LogP contribution is -2.42. The quantitative estimate of drug-likeness (QED) is 0.507. The van der Waals surface area contributed by atoms with Crippen LogP contribution in [-0.4, -0.2) is 24.8 Å². The third-order valence-corrected chi connectivity index (χ3v) is 2.97. The predicted octanol–water partition coefficient (Wildman–Crippen LogP) is 2.51. The molecular formula is C14H15ClN2O4. The summed E-state index contributed by atoms with van der Waals surface area (Å²) in [5.74, 6) is -2.71. The Morgan fingerprint density at radius 3 is 2.33 bits per heavy atom. The van der Waals surface area contributed by atoms with Gasteiger partial charge in [-0.15, -0.1) is 0 Å². The van der Waals surface area contributed by atoms with Gasteiger partial charge in [0.15, 0.2) is 5.57 Å². The van der Waals surface area contributed by atoms with Crippen LogP contribution in [-0.2, 0) is 19.1 Å². The molecule has 1 fully saturated rings. The fourth-order valence-electron chi connectivity index (χ4n) is 1.78. The number of esters is 2. The number of carbonyl (C=O) groups is 2. The van der Waals surface area contributed by atoms with Gasteiger partial charge in [-0.1, -0.05) is 11.6 Å². The number of benzene rings is 1. The van der Waals surface area contributed by atoms with Gasteiger partial charge < -0.3 is 20.1 Å². The summed E-state index contributed by atoms with van der Waals surface area (Å²) in [5, 5.41) is 6.38. The number of hydrogen-bond acceptors (Lipinski definition) is 6. The molecule has 112 valence electrons. The van der Waals surface area contributed by atoms with E-state index in [4.69, 9.17) is 21.1 Å². The van der Waals surface area contributed by atoms with Crippen molar-refractivity contribution in [1.82, 2.24) is 0 Å². The summed E-state index contributed by atoms with van der Waals surface area (Å²) in [6.45, 7) is 2.98. The van der Waals surface area contributed by atoms with Crippen LogP contribution in [0.3, 0.4) is 0 Å². The van der Waals surface area contributed by atoms with Gasteiger partial charge >= 0.3 is 11.9 Å². The number of anilines is 2. The van der Waals surface area contributed by atoms with Crippen LogP contribution in [0.1, 0.15) is 13.8 Å². The van der Waals surface area contributed by atoms with Crippen molar-refractivity contribution < 1.29 is 19.1 Å². The number of cyclic esters (lactones) is 2. The van der Waals surface area contributed by atoms with Crippen LogP contribution >= 0.6 is 11.6 Å². The van der Waals surface area contributed by atoms with E-state index in [9.17, 15) is 9.59 Å². The third-order valence-electron chi connectivity index (χ3n) is 2.74. The molecule has 21 heavy (non-hydrogen) atoms. The number of rotatable bonds is 3. The lowest BCUT2D eigenvalue weighted by molar-refractivity contribution is -0.222. The molecule has 6 nitrogen and oxygen atoms in total. The van der Waals surface area contributed by atoms with Crippen molar-refractivity contribution in [1.29, 1.82) is 0 Å². The maximum absolute atomic E-state index is 11.8. The number of hydrogen-bond donors (Lipinski definition) is 2. The summed E-state index contributed by atoms with van der Waals surface area (Å²) in [5.41, 5.74) is 1.17. The SMILES string of the molecule is CNc1cc(Cl)ccc1NC=C1C(=O)OC(C)(C)OC1=O. The average molecular weight is 311 g/mol. The van der Waals surface area contributed by atoms with Crippen molar-refractivity contribution in [2.75, 3.05) is 17.7 Å². The van der Waals surface area contributed by atoms with E-state index < -0.39 is 17.7 Å². The second-order valence-corrected chi connectivity index (χ2v) is 5.26. The molecule has 0 bridgehead atoms. The molecule has 0 aromatic heterocycles. The normalized spacial score (nSPS) is 16.9. The summed E-state index contributed by atoms with van der Waals surface area (Å²) in [7, 11) is 1.73. The smallest absolute Gasteiger partial charge is 0.350 e. The molecule has 1 aromatic carbocycles. The summed E-state index contributed by atoms with van der Waals surface area (Å²) in [6, 6.07) is 5.11. The van der Waals surface area contributed by atoms with Crippen molar-refractivity contribution in [3.05, 3.63) is 35.0 Å². The summed E-state index contributed by atoms with van der Waals surface area (Å²) in [6.07, 6.45) is 1.25. The Morgan fingerprint density at radius 2 is 1.76 bits per heavy atom. The molecule has 0 aliphatic carbocycles. The van der Waals surface area contributed by atoms with Gasteiger partial charge in [-0.3, -0.25) is 0 Å². The standard InChI is InChI=1S/C14H15ClN2O4/c1-14(2)20-12(18)9(13(19)21-14)7-17-10-5-4-8(15)6-11(10)16-3/h4-7,16-17H,1-3H3. The lowest BCUT2D eigenvalue weighted by Gasteiger charge is -2.29. The van der Waals surface area contributed by atoms with Crippen LogP contribution in [0.5, 0.6) is 0 Å². The fourth-order valence-corrected chi connectivity index (χ4v) is 1.95. The van der Waals surface area contributed by atoms with Gasteiger partial charge in [-0.2, -0.15) is 0 Å². The Labute approximate surface area is 127 Å². The minimum absolute atomic E-state index is 0.202. The zero-order chi connectivity index (χ0) is 15.6. The van der Waals surface area contributed by atoms with E-state index in [0.29, 0.717) is 10.7 Å². The highest BCUT2D eigenvalue weighted by atomic mass is 35.5. The minimum Gasteiger partial charge on any atom is -0.419 e. The molecule has 0 radical (unpaired) electrons. The Kier molecular flexibility index (Phi) is 4.09. The maximum atomic E-state index is 11.8. The van der Waals surface area contributed by atoms with E-state index in [1.807, 2.05) is 0 Å². The van der Waals surface area contributed by atoms with Crippen LogP contribution in [0.15, 0.2) is 30.0 Å². The van der Waals surface area contributed by atoms with Gasteiger partial charge in [0, 0.05) is 32.1 Å². The van der Waals surface area contributed by atoms with Gasteiger partial charge in [0.05, 0.1) is 11.4 Å². The molecule has 1 aliphatic heterocycles. The molecule has 0 unspecified atom stereocenters. The van der Waals surface area contributed by atoms with E-state index in [1.165, 1.54) is 20.0 Å². The summed E-state index contributed by atoms with van der Waals surface area (Å²) < 4.78 is 9.99. The van der Waals surface area contributed by atoms with Crippen molar-refractivity contribution >= 4 is 34.9 Å². The monoisotopic (exact) mass is 310 g/mol. The van der Waals surface area contributed by atoms with Crippen LogP contribution < -0.4 is 10.6 Å². The van der Waals surface area contributed by atoms with Crippen molar-refractivity contribution in [2.24, 2.45) is 0 Å². The number of nitrogens with one attached hydrogen (secondary N) is 2. The van der Waals surface area contributed by atoms with Crippen LogP contribution in [0.25, 0.3) is 0 Å². The van der Waals surface area contributed by atoms with Gasteiger partial charge in [0.1, 0.15) is 0 Å². The fraction of sp³-hybridized carbons (Fsp3) is 0.286. The van der Waals surface area contributed by atoms with E-state index in [-0.39, 0.29) is 5.57 Å². The van der Waals surface area contributed by atoms with E-state index >= 15 is 0 Å². The molecule has 0 saturated carbocycles. The van der Waals surface area contributed by atoms with Crippen LogP contribution in [0.4, 0.5) is 11.4 Å². The zero-order valence-electron chi connectivity index (χ0n) is 11.8. The first kappa shape index (κ1) is 15.2. The van der Waals surface area contributed by atoms with Crippen molar-refractivity contribution in [2.45, 2.75) is 19.6 Å². The van der Waals surface area contributed by atoms with Gasteiger partial charge in [-0.05, 0) is 18.2 Å². The summed E-state index contributed by atoms with van der Waals surface area (Å²) >= 11 is 5.89. The number of carbonyl (C=O) groups excluding carboxylic acids is 2. The van der Waals surface area contributed by atoms with Gasteiger partial charge in [0.2, 0.25) is 0 Å². The highest BCUT2D eigenvalue weighted by Gasteiger charge is 2.38. The first-order chi connectivity index (χ1) is 9.82. The first-order valence-corrected chi connectivity index (χ1v) is 6.61. The molecule has 1 aliphatic rings. The highest BCUT2D eigenvalue weighted by molar-refractivity contribution is 6.31.